The first-order valence-corrected chi connectivity index (χ1v) is 7.46. The summed E-state index contributed by atoms with van der Waals surface area (Å²) >= 11 is 0. The molecule has 0 amide bonds. The van der Waals surface area contributed by atoms with Crippen LogP contribution < -0.4 is 4.72 Å². The SMILES string of the molecule is CC[C@H](CO)NS(=O)(=O)Cc1ccc(C(=O)O)cc1. The molecule has 0 heterocycles. The lowest BCUT2D eigenvalue weighted by molar-refractivity contribution is 0.0697. The highest BCUT2D eigenvalue weighted by atomic mass is 32.2. The fourth-order valence-electron chi connectivity index (χ4n) is 1.51. The van der Waals surface area contributed by atoms with Gasteiger partial charge in [0.1, 0.15) is 0 Å². The molecule has 7 heteroatoms. The summed E-state index contributed by atoms with van der Waals surface area (Å²) in [5, 5.41) is 17.7. The molecule has 6 nitrogen and oxygen atoms in total. The maximum Gasteiger partial charge on any atom is 0.335 e. The van der Waals surface area contributed by atoms with Crippen molar-refractivity contribution in [3.63, 3.8) is 0 Å². The van der Waals surface area contributed by atoms with Crippen LogP contribution in [0.5, 0.6) is 0 Å². The third-order valence-corrected chi connectivity index (χ3v) is 4.02. The topological polar surface area (TPSA) is 104 Å². The van der Waals surface area contributed by atoms with E-state index in [9.17, 15) is 13.2 Å². The number of carboxylic acid groups (broad SMARTS) is 1. The van der Waals surface area contributed by atoms with Gasteiger partial charge in [-0.15, -0.1) is 0 Å². The fourth-order valence-corrected chi connectivity index (χ4v) is 2.97. The Balaban J connectivity index is 2.75. The van der Waals surface area contributed by atoms with Crippen LogP contribution in [0.1, 0.15) is 29.3 Å². The predicted octanol–water partition coefficient (Wildman–Crippen LogP) is 0.575. The van der Waals surface area contributed by atoms with Gasteiger partial charge in [-0.25, -0.2) is 17.9 Å². The van der Waals surface area contributed by atoms with Crippen molar-refractivity contribution < 1.29 is 23.4 Å². The number of sulfonamides is 1. The van der Waals surface area contributed by atoms with E-state index in [1.54, 1.807) is 6.92 Å². The number of aliphatic hydroxyl groups excluding tert-OH is 1. The molecule has 0 aliphatic carbocycles. The molecule has 106 valence electrons. The average molecular weight is 287 g/mol. The monoisotopic (exact) mass is 287 g/mol. The molecule has 3 N–H and O–H groups in total. The number of rotatable bonds is 7. The van der Waals surface area contributed by atoms with E-state index >= 15 is 0 Å². The molecule has 0 bridgehead atoms. The van der Waals surface area contributed by atoms with Crippen LogP contribution in [-0.4, -0.2) is 37.2 Å². The van der Waals surface area contributed by atoms with Gasteiger partial charge in [0, 0.05) is 6.04 Å². The lowest BCUT2D eigenvalue weighted by Gasteiger charge is -2.14. The van der Waals surface area contributed by atoms with E-state index in [1.807, 2.05) is 0 Å². The Bertz CT molecular complexity index is 520. The van der Waals surface area contributed by atoms with E-state index in [1.165, 1.54) is 24.3 Å². The lowest BCUT2D eigenvalue weighted by Crippen LogP contribution is -2.37. The van der Waals surface area contributed by atoms with Crippen molar-refractivity contribution in [3.05, 3.63) is 35.4 Å². The van der Waals surface area contributed by atoms with Gasteiger partial charge in [-0.1, -0.05) is 19.1 Å². The van der Waals surface area contributed by atoms with E-state index in [0.717, 1.165) is 0 Å². The molecule has 1 aromatic rings. The van der Waals surface area contributed by atoms with Crippen molar-refractivity contribution in [2.45, 2.75) is 25.1 Å². The molecule has 19 heavy (non-hydrogen) atoms. The summed E-state index contributed by atoms with van der Waals surface area (Å²) in [5.74, 6) is -1.30. The summed E-state index contributed by atoms with van der Waals surface area (Å²) in [6.07, 6.45) is 0.494. The zero-order valence-corrected chi connectivity index (χ0v) is 11.4. The van der Waals surface area contributed by atoms with Gasteiger partial charge in [-0.3, -0.25) is 0 Å². The highest BCUT2D eigenvalue weighted by molar-refractivity contribution is 7.88. The van der Waals surface area contributed by atoms with Crippen LogP contribution in [0, 0.1) is 0 Å². The van der Waals surface area contributed by atoms with E-state index < -0.39 is 22.0 Å². The zero-order chi connectivity index (χ0) is 14.5. The first-order valence-electron chi connectivity index (χ1n) is 5.81. The van der Waals surface area contributed by atoms with Gasteiger partial charge in [0.15, 0.2) is 0 Å². The summed E-state index contributed by atoms with van der Waals surface area (Å²) in [7, 11) is -3.55. The number of carboxylic acids is 1. The first-order chi connectivity index (χ1) is 8.88. The molecule has 1 aromatic carbocycles. The van der Waals surface area contributed by atoms with E-state index in [4.69, 9.17) is 10.2 Å². The molecule has 1 rings (SSSR count). The minimum Gasteiger partial charge on any atom is -0.478 e. The van der Waals surface area contributed by atoms with Gasteiger partial charge in [0.05, 0.1) is 17.9 Å². The van der Waals surface area contributed by atoms with Gasteiger partial charge < -0.3 is 10.2 Å². The highest BCUT2D eigenvalue weighted by Gasteiger charge is 2.16. The second-order valence-electron chi connectivity index (χ2n) is 4.17. The summed E-state index contributed by atoms with van der Waals surface area (Å²) in [6, 6.07) is 5.14. The molecule has 0 saturated carbocycles. The Kier molecular flexibility index (Phi) is 5.46. The van der Waals surface area contributed by atoms with Crippen molar-refractivity contribution in [3.8, 4) is 0 Å². The molecule has 0 aliphatic rings. The largest absolute Gasteiger partial charge is 0.478 e. The quantitative estimate of drug-likeness (QED) is 0.680. The Morgan fingerprint density at radius 1 is 1.32 bits per heavy atom. The minimum atomic E-state index is -3.55. The molecule has 0 radical (unpaired) electrons. The smallest absolute Gasteiger partial charge is 0.335 e. The van der Waals surface area contributed by atoms with Crippen molar-refractivity contribution in [1.82, 2.24) is 4.72 Å². The summed E-state index contributed by atoms with van der Waals surface area (Å²) in [5.41, 5.74) is 0.598. The predicted molar refractivity (Wildman–Crippen MR) is 70.3 cm³/mol. The van der Waals surface area contributed by atoms with Crippen molar-refractivity contribution in [1.29, 1.82) is 0 Å². The van der Waals surface area contributed by atoms with Crippen molar-refractivity contribution in [2.24, 2.45) is 0 Å². The van der Waals surface area contributed by atoms with Crippen LogP contribution in [0.4, 0.5) is 0 Å². The van der Waals surface area contributed by atoms with E-state index in [0.29, 0.717) is 12.0 Å². The number of aliphatic hydroxyl groups is 1. The summed E-state index contributed by atoms with van der Waals surface area (Å²) < 4.78 is 26.0. The molecule has 0 unspecified atom stereocenters. The number of hydrogen-bond donors (Lipinski definition) is 3. The van der Waals surface area contributed by atoms with Crippen LogP contribution in [-0.2, 0) is 15.8 Å². The van der Waals surface area contributed by atoms with E-state index in [2.05, 4.69) is 4.72 Å². The molecule has 1 atom stereocenters. The van der Waals surface area contributed by atoms with Crippen molar-refractivity contribution >= 4 is 16.0 Å². The maximum atomic E-state index is 11.8. The second kappa shape index (κ2) is 6.65. The molecular weight excluding hydrogens is 270 g/mol. The number of hydrogen-bond acceptors (Lipinski definition) is 4. The normalized spacial score (nSPS) is 13.2. The van der Waals surface area contributed by atoms with Gasteiger partial charge in [0.2, 0.25) is 10.0 Å². The molecule has 0 spiro atoms. The Morgan fingerprint density at radius 3 is 2.32 bits per heavy atom. The fraction of sp³-hybridized carbons (Fsp3) is 0.417. The summed E-state index contributed by atoms with van der Waals surface area (Å²) in [4.78, 5) is 10.7. The van der Waals surface area contributed by atoms with Crippen LogP contribution in [0.3, 0.4) is 0 Å². The third kappa shape index (κ3) is 4.98. The molecule has 0 saturated heterocycles. The van der Waals surface area contributed by atoms with Crippen LogP contribution in [0.25, 0.3) is 0 Å². The number of nitrogens with one attached hydrogen (secondary N) is 1. The molecule has 0 aliphatic heterocycles. The first kappa shape index (κ1) is 15.6. The van der Waals surface area contributed by atoms with Crippen molar-refractivity contribution in [2.75, 3.05) is 6.61 Å². The number of benzene rings is 1. The standard InChI is InChI=1S/C12H17NO5S/c1-2-11(7-14)13-19(17,18)8-9-3-5-10(6-4-9)12(15)16/h3-6,11,13-14H,2,7-8H2,1H3,(H,15,16)/t11-/m1/s1. The minimum absolute atomic E-state index is 0.107. The van der Waals surface area contributed by atoms with Gasteiger partial charge in [-0.2, -0.15) is 0 Å². The Labute approximate surface area is 112 Å². The van der Waals surface area contributed by atoms with Crippen LogP contribution in [0.15, 0.2) is 24.3 Å². The molecular formula is C12H17NO5S. The molecule has 0 aromatic heterocycles. The molecule has 0 fully saturated rings. The van der Waals surface area contributed by atoms with Crippen LogP contribution in [0.2, 0.25) is 0 Å². The Hall–Kier alpha value is -1.44. The summed E-state index contributed by atoms with van der Waals surface area (Å²) in [6.45, 7) is 1.51. The van der Waals surface area contributed by atoms with Gasteiger partial charge >= 0.3 is 5.97 Å². The average Bonchev–Trinajstić information content (AvgIpc) is 2.36. The lowest BCUT2D eigenvalue weighted by atomic mass is 10.1. The number of aromatic carboxylic acids is 1. The van der Waals surface area contributed by atoms with Crippen LogP contribution >= 0.6 is 0 Å². The van der Waals surface area contributed by atoms with E-state index in [-0.39, 0.29) is 17.9 Å². The zero-order valence-electron chi connectivity index (χ0n) is 10.5. The third-order valence-electron chi connectivity index (χ3n) is 2.62. The highest BCUT2D eigenvalue weighted by Crippen LogP contribution is 2.08. The maximum absolute atomic E-state index is 11.8. The second-order valence-corrected chi connectivity index (χ2v) is 5.92. The van der Waals surface area contributed by atoms with Gasteiger partial charge in [-0.05, 0) is 24.1 Å². The van der Waals surface area contributed by atoms with Gasteiger partial charge in [0.25, 0.3) is 0 Å². The Morgan fingerprint density at radius 2 is 1.89 bits per heavy atom. The number of carbonyl (C=O) groups is 1.